The minimum Gasteiger partial charge on any atom is -0.478 e. The molecule has 0 aliphatic carbocycles. The quantitative estimate of drug-likeness (QED) is 0.762. The maximum absolute atomic E-state index is 10.8. The fourth-order valence-electron chi connectivity index (χ4n) is 2.05. The second-order valence-electron chi connectivity index (χ2n) is 4.44. The molecule has 2 heterocycles. The van der Waals surface area contributed by atoms with Gasteiger partial charge in [-0.25, -0.2) is 9.31 Å². The number of benzene rings is 1. The number of aromatic carboxylic acids is 1. The molecule has 5 nitrogen and oxygen atoms in total. The standard InChI is InChI=1S/C15H13N3O2/c19-15(20)11-4-6-13(7-5-11)16-9-12-10-17-18-8-2-1-3-14(12)18/h1-8,10,16H,9H2,(H,19,20). The monoisotopic (exact) mass is 267 g/mol. The van der Waals surface area contributed by atoms with Gasteiger partial charge in [0.15, 0.2) is 0 Å². The summed E-state index contributed by atoms with van der Waals surface area (Å²) in [5.41, 5.74) is 3.31. The maximum Gasteiger partial charge on any atom is 0.335 e. The van der Waals surface area contributed by atoms with E-state index in [1.807, 2.05) is 35.1 Å². The van der Waals surface area contributed by atoms with Gasteiger partial charge in [-0.1, -0.05) is 6.07 Å². The number of hydrogen-bond acceptors (Lipinski definition) is 3. The summed E-state index contributed by atoms with van der Waals surface area (Å²) >= 11 is 0. The molecule has 3 rings (SSSR count). The summed E-state index contributed by atoms with van der Waals surface area (Å²) in [6.07, 6.45) is 3.73. The summed E-state index contributed by atoms with van der Waals surface area (Å²) < 4.78 is 1.82. The smallest absolute Gasteiger partial charge is 0.335 e. The molecule has 0 fully saturated rings. The van der Waals surface area contributed by atoms with E-state index in [4.69, 9.17) is 5.11 Å². The van der Waals surface area contributed by atoms with Crippen molar-refractivity contribution in [2.24, 2.45) is 0 Å². The number of aromatic nitrogens is 2. The predicted molar refractivity (Wildman–Crippen MR) is 75.9 cm³/mol. The molecule has 0 saturated carbocycles. The predicted octanol–water partition coefficient (Wildman–Crippen LogP) is 2.64. The second-order valence-corrected chi connectivity index (χ2v) is 4.44. The van der Waals surface area contributed by atoms with Crippen LogP contribution in [0.1, 0.15) is 15.9 Å². The van der Waals surface area contributed by atoms with Gasteiger partial charge in [0.1, 0.15) is 0 Å². The number of nitrogens with zero attached hydrogens (tertiary/aromatic N) is 2. The van der Waals surface area contributed by atoms with Crippen molar-refractivity contribution in [3.05, 3.63) is 66.0 Å². The molecule has 0 bridgehead atoms. The molecule has 100 valence electrons. The molecule has 0 aliphatic heterocycles. The van der Waals surface area contributed by atoms with Crippen molar-refractivity contribution < 1.29 is 9.90 Å². The maximum atomic E-state index is 10.8. The lowest BCUT2D eigenvalue weighted by Crippen LogP contribution is -2.00. The topological polar surface area (TPSA) is 66.6 Å². The van der Waals surface area contributed by atoms with Crippen LogP contribution in [-0.2, 0) is 6.54 Å². The molecule has 0 radical (unpaired) electrons. The van der Waals surface area contributed by atoms with Gasteiger partial charge in [0.2, 0.25) is 0 Å². The first kappa shape index (κ1) is 12.2. The Morgan fingerprint density at radius 3 is 2.75 bits per heavy atom. The number of carbonyl (C=O) groups is 1. The first-order valence-electron chi connectivity index (χ1n) is 6.22. The Morgan fingerprint density at radius 2 is 2.00 bits per heavy atom. The molecule has 0 amide bonds. The van der Waals surface area contributed by atoms with Crippen molar-refractivity contribution in [1.29, 1.82) is 0 Å². The number of carboxylic acids is 1. The Hall–Kier alpha value is -2.82. The van der Waals surface area contributed by atoms with Crippen LogP contribution in [0.25, 0.3) is 5.52 Å². The minimum absolute atomic E-state index is 0.284. The summed E-state index contributed by atoms with van der Waals surface area (Å²) in [5.74, 6) is -0.917. The fraction of sp³-hybridized carbons (Fsp3) is 0.0667. The third kappa shape index (κ3) is 2.33. The number of pyridine rings is 1. The zero-order valence-corrected chi connectivity index (χ0v) is 10.7. The molecule has 2 N–H and O–H groups in total. The highest BCUT2D eigenvalue weighted by atomic mass is 16.4. The average molecular weight is 267 g/mol. The van der Waals surface area contributed by atoms with Gasteiger partial charge in [-0.3, -0.25) is 0 Å². The largest absolute Gasteiger partial charge is 0.478 e. The summed E-state index contributed by atoms with van der Waals surface area (Å²) in [7, 11) is 0. The van der Waals surface area contributed by atoms with E-state index in [9.17, 15) is 4.79 Å². The van der Waals surface area contributed by atoms with Crippen molar-refractivity contribution in [2.45, 2.75) is 6.54 Å². The van der Waals surface area contributed by atoms with Crippen LogP contribution in [0.4, 0.5) is 5.69 Å². The van der Waals surface area contributed by atoms with Gasteiger partial charge in [-0.05, 0) is 36.4 Å². The molecular formula is C15H13N3O2. The zero-order valence-electron chi connectivity index (χ0n) is 10.7. The number of carboxylic acid groups (broad SMARTS) is 1. The van der Waals surface area contributed by atoms with Gasteiger partial charge >= 0.3 is 5.97 Å². The molecule has 20 heavy (non-hydrogen) atoms. The van der Waals surface area contributed by atoms with Gasteiger partial charge in [0.05, 0.1) is 17.3 Å². The Morgan fingerprint density at radius 1 is 1.20 bits per heavy atom. The molecule has 1 aromatic carbocycles. The normalized spacial score (nSPS) is 10.6. The molecule has 0 aliphatic rings. The van der Waals surface area contributed by atoms with Crippen LogP contribution < -0.4 is 5.32 Å². The number of anilines is 1. The van der Waals surface area contributed by atoms with Crippen LogP contribution in [-0.4, -0.2) is 20.7 Å². The fourth-order valence-corrected chi connectivity index (χ4v) is 2.05. The second kappa shape index (κ2) is 5.05. The first-order chi connectivity index (χ1) is 9.74. The summed E-state index contributed by atoms with van der Waals surface area (Å²) in [5, 5.41) is 16.4. The van der Waals surface area contributed by atoms with Gasteiger partial charge in [0, 0.05) is 24.0 Å². The highest BCUT2D eigenvalue weighted by Crippen LogP contribution is 2.14. The molecular weight excluding hydrogens is 254 g/mol. The molecule has 0 unspecified atom stereocenters. The Balaban J connectivity index is 1.74. The van der Waals surface area contributed by atoms with E-state index in [0.29, 0.717) is 6.54 Å². The van der Waals surface area contributed by atoms with Crippen LogP contribution in [0, 0.1) is 0 Å². The zero-order chi connectivity index (χ0) is 13.9. The van der Waals surface area contributed by atoms with E-state index in [1.54, 1.807) is 24.3 Å². The lowest BCUT2D eigenvalue weighted by molar-refractivity contribution is 0.0697. The summed E-state index contributed by atoms with van der Waals surface area (Å²) in [6, 6.07) is 12.6. The third-order valence-corrected chi connectivity index (χ3v) is 3.12. The highest BCUT2D eigenvalue weighted by Gasteiger charge is 2.04. The minimum atomic E-state index is -0.917. The number of rotatable bonds is 4. The lowest BCUT2D eigenvalue weighted by atomic mass is 10.2. The SMILES string of the molecule is O=C(O)c1ccc(NCc2cnn3ccccc23)cc1. The lowest BCUT2D eigenvalue weighted by Gasteiger charge is -2.05. The molecule has 2 aromatic heterocycles. The third-order valence-electron chi connectivity index (χ3n) is 3.12. The Bertz CT molecular complexity index is 747. The van der Waals surface area contributed by atoms with Crippen LogP contribution in [0.15, 0.2) is 54.9 Å². The van der Waals surface area contributed by atoms with E-state index in [0.717, 1.165) is 16.8 Å². The van der Waals surface area contributed by atoms with Gasteiger partial charge in [-0.15, -0.1) is 0 Å². The highest BCUT2D eigenvalue weighted by molar-refractivity contribution is 5.88. The van der Waals surface area contributed by atoms with Crippen LogP contribution in [0.2, 0.25) is 0 Å². The van der Waals surface area contributed by atoms with Crippen LogP contribution in [0.3, 0.4) is 0 Å². The van der Waals surface area contributed by atoms with E-state index in [1.165, 1.54) is 0 Å². The van der Waals surface area contributed by atoms with E-state index in [2.05, 4.69) is 10.4 Å². The number of nitrogens with one attached hydrogen (secondary N) is 1. The van der Waals surface area contributed by atoms with Crippen molar-refractivity contribution in [2.75, 3.05) is 5.32 Å². The van der Waals surface area contributed by atoms with Crippen molar-refractivity contribution >= 4 is 17.2 Å². The number of fused-ring (bicyclic) bond motifs is 1. The van der Waals surface area contributed by atoms with Crippen LogP contribution >= 0.6 is 0 Å². The van der Waals surface area contributed by atoms with Gasteiger partial charge in [-0.2, -0.15) is 5.10 Å². The van der Waals surface area contributed by atoms with Crippen molar-refractivity contribution in [3.63, 3.8) is 0 Å². The molecule has 0 atom stereocenters. The summed E-state index contributed by atoms with van der Waals surface area (Å²) in [6.45, 7) is 0.639. The average Bonchev–Trinajstić information content (AvgIpc) is 2.89. The Kier molecular flexibility index (Phi) is 3.09. The first-order valence-corrected chi connectivity index (χ1v) is 6.22. The van der Waals surface area contributed by atoms with E-state index >= 15 is 0 Å². The molecule has 0 spiro atoms. The molecule has 5 heteroatoms. The summed E-state index contributed by atoms with van der Waals surface area (Å²) in [4.78, 5) is 10.8. The number of hydrogen-bond donors (Lipinski definition) is 2. The molecule has 3 aromatic rings. The van der Waals surface area contributed by atoms with Crippen LogP contribution in [0.5, 0.6) is 0 Å². The molecule has 0 saturated heterocycles. The van der Waals surface area contributed by atoms with Crippen molar-refractivity contribution in [3.8, 4) is 0 Å². The van der Waals surface area contributed by atoms with Gasteiger partial charge in [0.25, 0.3) is 0 Å². The van der Waals surface area contributed by atoms with Crippen molar-refractivity contribution in [1.82, 2.24) is 9.61 Å². The van der Waals surface area contributed by atoms with E-state index in [-0.39, 0.29) is 5.56 Å². The van der Waals surface area contributed by atoms with Gasteiger partial charge < -0.3 is 10.4 Å². The van der Waals surface area contributed by atoms with E-state index < -0.39 is 5.97 Å². The Labute approximate surface area is 115 Å².